The molecule has 0 spiro atoms. The zero-order valence-electron chi connectivity index (χ0n) is 13.2. The van der Waals surface area contributed by atoms with E-state index in [0.29, 0.717) is 62.1 Å². The Morgan fingerprint density at radius 3 is 3.04 bits per heavy atom. The average Bonchev–Trinajstić information content (AvgIpc) is 2.95. The van der Waals surface area contributed by atoms with E-state index in [2.05, 4.69) is 0 Å². The molecule has 2 fully saturated rings. The summed E-state index contributed by atoms with van der Waals surface area (Å²) < 4.78 is 10.7. The first-order valence-corrected chi connectivity index (χ1v) is 8.33. The second kappa shape index (κ2) is 7.27. The van der Waals surface area contributed by atoms with Gasteiger partial charge in [-0.1, -0.05) is 11.6 Å². The Morgan fingerprint density at radius 2 is 2.25 bits per heavy atom. The van der Waals surface area contributed by atoms with E-state index in [9.17, 15) is 9.59 Å². The number of carbonyl (C=O) groups is 2. The Kier molecular flexibility index (Phi) is 5.11. The van der Waals surface area contributed by atoms with Crippen molar-refractivity contribution in [1.29, 1.82) is 0 Å². The molecule has 0 unspecified atom stereocenters. The van der Waals surface area contributed by atoms with Crippen LogP contribution in [0, 0.1) is 0 Å². The predicted molar refractivity (Wildman–Crippen MR) is 88.4 cm³/mol. The number of nitrogens with two attached hydrogens (primary N) is 1. The van der Waals surface area contributed by atoms with Crippen molar-refractivity contribution in [2.75, 3.05) is 39.4 Å². The van der Waals surface area contributed by atoms with Gasteiger partial charge in [-0.15, -0.1) is 0 Å². The molecule has 24 heavy (non-hydrogen) atoms. The highest BCUT2D eigenvalue weighted by atomic mass is 35.5. The number of ether oxygens (including phenoxy) is 2. The van der Waals surface area contributed by atoms with Gasteiger partial charge in [-0.05, 0) is 31.2 Å². The monoisotopic (exact) mass is 353 g/mol. The van der Waals surface area contributed by atoms with Gasteiger partial charge in [0.05, 0.1) is 18.2 Å². The molecular weight excluding hydrogens is 334 g/mol. The molecule has 2 aliphatic heterocycles. The molecule has 2 N–H and O–H groups in total. The fourth-order valence-electron chi connectivity index (χ4n) is 2.90. The van der Waals surface area contributed by atoms with Gasteiger partial charge >= 0.3 is 6.09 Å². The van der Waals surface area contributed by atoms with Gasteiger partial charge < -0.3 is 20.1 Å². The quantitative estimate of drug-likeness (QED) is 0.807. The summed E-state index contributed by atoms with van der Waals surface area (Å²) in [6.07, 6.45) is 0.393. The van der Waals surface area contributed by atoms with Crippen molar-refractivity contribution in [3.63, 3.8) is 0 Å². The number of hydrogen-bond donors (Lipinski definition) is 1. The number of cyclic esters (lactones) is 1. The van der Waals surface area contributed by atoms with E-state index in [1.807, 2.05) is 0 Å². The standard InChI is InChI=1S/C16H20ClN3O4/c17-11-2-3-13(14(8-11)23-7-1-4-18)15(21)19-5-6-20-12(9-19)10-24-16(20)22/h2-3,8,12H,1,4-7,9-10,18H2/t12-/m1/s1. The maximum atomic E-state index is 12.9. The molecule has 0 radical (unpaired) electrons. The first kappa shape index (κ1) is 16.9. The number of carbonyl (C=O) groups excluding carboxylic acids is 2. The lowest BCUT2D eigenvalue weighted by atomic mass is 10.1. The highest BCUT2D eigenvalue weighted by molar-refractivity contribution is 6.30. The Bertz CT molecular complexity index is 640. The lowest BCUT2D eigenvalue weighted by molar-refractivity contribution is 0.0613. The number of halogens is 1. The summed E-state index contributed by atoms with van der Waals surface area (Å²) in [5.74, 6) is 0.329. The summed E-state index contributed by atoms with van der Waals surface area (Å²) >= 11 is 6.02. The molecule has 0 aromatic heterocycles. The van der Waals surface area contributed by atoms with Crippen LogP contribution in [0.5, 0.6) is 5.75 Å². The van der Waals surface area contributed by atoms with Crippen molar-refractivity contribution in [3.05, 3.63) is 28.8 Å². The van der Waals surface area contributed by atoms with Crippen LogP contribution < -0.4 is 10.5 Å². The van der Waals surface area contributed by atoms with Crippen molar-refractivity contribution >= 4 is 23.6 Å². The second-order valence-corrected chi connectivity index (χ2v) is 6.24. The molecule has 7 nitrogen and oxygen atoms in total. The Balaban J connectivity index is 1.73. The molecule has 0 bridgehead atoms. The molecule has 130 valence electrons. The summed E-state index contributed by atoms with van der Waals surface area (Å²) in [4.78, 5) is 27.8. The molecule has 0 aliphatic carbocycles. The summed E-state index contributed by atoms with van der Waals surface area (Å²) in [6, 6.07) is 4.90. The molecule has 1 aromatic carbocycles. The smallest absolute Gasteiger partial charge is 0.410 e. The third kappa shape index (κ3) is 3.42. The fraction of sp³-hybridized carbons (Fsp3) is 0.500. The van der Waals surface area contributed by atoms with Crippen LogP contribution in [0.15, 0.2) is 18.2 Å². The first-order valence-electron chi connectivity index (χ1n) is 7.95. The van der Waals surface area contributed by atoms with Gasteiger partial charge in [0.1, 0.15) is 12.4 Å². The predicted octanol–water partition coefficient (Wildman–Crippen LogP) is 1.34. The van der Waals surface area contributed by atoms with Crippen LogP contribution >= 0.6 is 11.6 Å². The largest absolute Gasteiger partial charge is 0.493 e. The van der Waals surface area contributed by atoms with E-state index >= 15 is 0 Å². The van der Waals surface area contributed by atoms with Gasteiger partial charge in [0.2, 0.25) is 0 Å². The summed E-state index contributed by atoms with van der Waals surface area (Å²) in [5.41, 5.74) is 5.94. The van der Waals surface area contributed by atoms with Gasteiger partial charge in [0, 0.05) is 24.7 Å². The molecule has 2 saturated heterocycles. The van der Waals surface area contributed by atoms with Crippen LogP contribution in [0.25, 0.3) is 0 Å². The van der Waals surface area contributed by atoms with Gasteiger partial charge in [0.25, 0.3) is 5.91 Å². The number of piperazine rings is 1. The van der Waals surface area contributed by atoms with Gasteiger partial charge in [-0.25, -0.2) is 4.79 Å². The third-order valence-corrected chi connectivity index (χ3v) is 4.42. The lowest BCUT2D eigenvalue weighted by Gasteiger charge is -2.35. The van der Waals surface area contributed by atoms with E-state index in [-0.39, 0.29) is 18.0 Å². The van der Waals surface area contributed by atoms with Crippen LogP contribution in [0.3, 0.4) is 0 Å². The minimum Gasteiger partial charge on any atom is -0.493 e. The SMILES string of the molecule is NCCCOc1cc(Cl)ccc1C(=O)N1CCN2C(=O)OC[C@H]2C1. The van der Waals surface area contributed by atoms with Crippen LogP contribution in [0.2, 0.25) is 5.02 Å². The Hall–Kier alpha value is -1.99. The summed E-state index contributed by atoms with van der Waals surface area (Å²) in [7, 11) is 0. The summed E-state index contributed by atoms with van der Waals surface area (Å²) in [6.45, 7) is 2.66. The lowest BCUT2D eigenvalue weighted by Crippen LogP contribution is -2.53. The molecule has 2 amide bonds. The number of rotatable bonds is 5. The Morgan fingerprint density at radius 1 is 1.42 bits per heavy atom. The van der Waals surface area contributed by atoms with Crippen molar-refractivity contribution < 1.29 is 19.1 Å². The zero-order valence-corrected chi connectivity index (χ0v) is 14.0. The first-order chi connectivity index (χ1) is 11.6. The van der Waals surface area contributed by atoms with Gasteiger partial charge in [-0.2, -0.15) is 0 Å². The van der Waals surface area contributed by atoms with E-state index in [0.717, 1.165) is 0 Å². The third-order valence-electron chi connectivity index (χ3n) is 4.18. The topological polar surface area (TPSA) is 85.1 Å². The van der Waals surface area contributed by atoms with Crippen molar-refractivity contribution in [1.82, 2.24) is 9.80 Å². The van der Waals surface area contributed by atoms with Crippen molar-refractivity contribution in [2.24, 2.45) is 5.73 Å². The highest BCUT2D eigenvalue weighted by Gasteiger charge is 2.39. The molecular formula is C16H20ClN3O4. The number of amides is 2. The van der Waals surface area contributed by atoms with E-state index in [1.165, 1.54) is 0 Å². The second-order valence-electron chi connectivity index (χ2n) is 5.81. The van der Waals surface area contributed by atoms with Gasteiger partial charge in [-0.3, -0.25) is 9.69 Å². The average molecular weight is 354 g/mol. The van der Waals surface area contributed by atoms with E-state index in [1.54, 1.807) is 28.0 Å². The molecule has 1 aromatic rings. The molecule has 8 heteroatoms. The zero-order chi connectivity index (χ0) is 17.1. The summed E-state index contributed by atoms with van der Waals surface area (Å²) in [5, 5.41) is 0.508. The molecule has 2 aliphatic rings. The Labute approximate surface area is 145 Å². The molecule has 0 saturated carbocycles. The normalized spacial score (nSPS) is 19.9. The number of nitrogens with zero attached hydrogens (tertiary/aromatic N) is 2. The van der Waals surface area contributed by atoms with E-state index < -0.39 is 0 Å². The van der Waals surface area contributed by atoms with Crippen LogP contribution in [0.1, 0.15) is 16.8 Å². The van der Waals surface area contributed by atoms with Crippen LogP contribution in [-0.2, 0) is 4.74 Å². The minimum absolute atomic E-state index is 0.0795. The molecule has 2 heterocycles. The van der Waals surface area contributed by atoms with Crippen molar-refractivity contribution in [3.8, 4) is 5.75 Å². The van der Waals surface area contributed by atoms with Crippen molar-refractivity contribution in [2.45, 2.75) is 12.5 Å². The minimum atomic E-state index is -0.301. The number of hydrogen-bond acceptors (Lipinski definition) is 5. The maximum absolute atomic E-state index is 12.9. The fourth-order valence-corrected chi connectivity index (χ4v) is 3.06. The molecule has 1 atom stereocenters. The maximum Gasteiger partial charge on any atom is 0.410 e. The highest BCUT2D eigenvalue weighted by Crippen LogP contribution is 2.27. The van der Waals surface area contributed by atoms with Crippen LogP contribution in [0.4, 0.5) is 4.79 Å². The van der Waals surface area contributed by atoms with Gasteiger partial charge in [0.15, 0.2) is 0 Å². The molecule has 3 rings (SSSR count). The van der Waals surface area contributed by atoms with E-state index in [4.69, 9.17) is 26.8 Å². The number of benzene rings is 1. The van der Waals surface area contributed by atoms with Crippen LogP contribution in [-0.4, -0.2) is 67.2 Å². The number of fused-ring (bicyclic) bond motifs is 1.